The fourth-order valence-electron chi connectivity index (χ4n) is 7.20. The van der Waals surface area contributed by atoms with E-state index in [2.05, 4.69) is 44.1 Å². The van der Waals surface area contributed by atoms with E-state index >= 15 is 0 Å². The molecule has 0 bridgehead atoms. The van der Waals surface area contributed by atoms with Gasteiger partial charge in [0.2, 0.25) is 0 Å². The van der Waals surface area contributed by atoms with Crippen LogP contribution in [0.15, 0.2) is 18.2 Å². The minimum atomic E-state index is -0.0200. The summed E-state index contributed by atoms with van der Waals surface area (Å²) in [6.45, 7) is 4.33. The fraction of sp³-hybridized carbons (Fsp3) is 0.767. The number of carbonyl (C=O) groups is 1. The monoisotopic (exact) mass is 453 g/mol. The number of ether oxygens (including phenoxy) is 1. The molecule has 0 aromatic heterocycles. The number of ketones is 1. The van der Waals surface area contributed by atoms with Crippen LogP contribution in [0, 0.1) is 17.3 Å². The van der Waals surface area contributed by atoms with Crippen LogP contribution in [0.4, 0.5) is 0 Å². The highest BCUT2D eigenvalue weighted by Gasteiger charge is 2.54. The normalized spacial score (nSPS) is 28.5. The standard InChI is InChI=1S/C30H47NO2/c1-30-19-18-26-25-15-13-24(22-23(25)12-14-27(26)28(30)16-17-29(30)32)33-21-11-9-7-5-4-6-8-10-20-31(2)3/h13,15,22,26-28H,4-12,14,16-21H2,1-3H3/t26-,27-,28+,30+/m1/s1. The van der Waals surface area contributed by atoms with Crippen molar-refractivity contribution in [2.45, 2.75) is 103 Å². The Bertz CT molecular complexity index is 788. The summed E-state index contributed by atoms with van der Waals surface area (Å²) in [5.74, 6) is 3.59. The SMILES string of the molecule is CN(C)CCCCCCCCCCOc1ccc2c(c1)CC[C@@H]1[C@@H]2CC[C@]2(C)C(=O)CC[C@@H]12. The zero-order valence-electron chi connectivity index (χ0n) is 21.5. The summed E-state index contributed by atoms with van der Waals surface area (Å²) >= 11 is 0. The molecular formula is C30H47NO2. The Morgan fingerprint density at radius 1 is 0.939 bits per heavy atom. The predicted molar refractivity (Wildman–Crippen MR) is 137 cm³/mol. The number of Topliss-reactive ketones (excluding diaryl/α,β-unsaturated/α-hetero) is 1. The van der Waals surface area contributed by atoms with Crippen molar-refractivity contribution in [2.24, 2.45) is 17.3 Å². The van der Waals surface area contributed by atoms with Gasteiger partial charge in [0.05, 0.1) is 6.61 Å². The van der Waals surface area contributed by atoms with Crippen LogP contribution in [0.3, 0.4) is 0 Å². The second kappa shape index (κ2) is 11.4. The van der Waals surface area contributed by atoms with Gasteiger partial charge in [-0.1, -0.05) is 51.5 Å². The minimum absolute atomic E-state index is 0.0200. The molecule has 0 radical (unpaired) electrons. The lowest BCUT2D eigenvalue weighted by atomic mass is 9.55. The molecular weight excluding hydrogens is 406 g/mol. The van der Waals surface area contributed by atoms with E-state index in [4.69, 9.17) is 4.74 Å². The highest BCUT2D eigenvalue weighted by Crippen LogP contribution is 2.59. The van der Waals surface area contributed by atoms with Crippen LogP contribution in [0.1, 0.15) is 107 Å². The second-order valence-corrected chi connectivity index (χ2v) is 11.7. The van der Waals surface area contributed by atoms with Gasteiger partial charge in [-0.2, -0.15) is 0 Å². The Labute approximate surface area is 202 Å². The molecule has 4 rings (SSSR count). The molecule has 0 aliphatic heterocycles. The third kappa shape index (κ3) is 5.84. The molecule has 3 aliphatic carbocycles. The van der Waals surface area contributed by atoms with Gasteiger partial charge in [-0.3, -0.25) is 4.79 Å². The van der Waals surface area contributed by atoms with Crippen molar-refractivity contribution in [1.29, 1.82) is 0 Å². The third-order valence-electron chi connectivity index (χ3n) is 9.18. The maximum absolute atomic E-state index is 12.5. The largest absolute Gasteiger partial charge is 0.494 e. The zero-order chi connectivity index (χ0) is 23.3. The Morgan fingerprint density at radius 2 is 1.67 bits per heavy atom. The average Bonchev–Trinajstić information content (AvgIpc) is 3.11. The van der Waals surface area contributed by atoms with Crippen molar-refractivity contribution in [3.05, 3.63) is 29.3 Å². The molecule has 0 heterocycles. The van der Waals surface area contributed by atoms with E-state index in [1.54, 1.807) is 5.56 Å². The second-order valence-electron chi connectivity index (χ2n) is 11.7. The van der Waals surface area contributed by atoms with E-state index in [1.807, 2.05) is 0 Å². The Balaban J connectivity index is 1.16. The number of unbranched alkanes of at least 4 members (excludes halogenated alkanes) is 7. The first-order chi connectivity index (χ1) is 16.0. The molecule has 0 spiro atoms. The summed E-state index contributed by atoms with van der Waals surface area (Å²) in [5, 5.41) is 0. The van der Waals surface area contributed by atoms with Crippen LogP contribution in [0.5, 0.6) is 5.75 Å². The first-order valence-electron chi connectivity index (χ1n) is 13.9. The molecule has 0 amide bonds. The zero-order valence-corrected chi connectivity index (χ0v) is 21.5. The lowest BCUT2D eigenvalue weighted by Crippen LogP contribution is -2.42. The van der Waals surface area contributed by atoms with Gasteiger partial charge in [0, 0.05) is 11.8 Å². The molecule has 3 nitrogen and oxygen atoms in total. The number of rotatable bonds is 12. The van der Waals surface area contributed by atoms with Gasteiger partial charge in [-0.25, -0.2) is 0 Å². The first kappa shape index (κ1) is 24.8. The summed E-state index contributed by atoms with van der Waals surface area (Å²) in [5.41, 5.74) is 3.05. The molecule has 2 fully saturated rings. The number of hydrogen-bond acceptors (Lipinski definition) is 3. The molecule has 3 aliphatic rings. The van der Waals surface area contributed by atoms with Crippen molar-refractivity contribution >= 4 is 5.78 Å². The number of nitrogens with zero attached hydrogens (tertiary/aromatic N) is 1. The predicted octanol–water partition coefficient (Wildman–Crippen LogP) is 7.17. The average molecular weight is 454 g/mol. The van der Waals surface area contributed by atoms with Crippen molar-refractivity contribution in [3.8, 4) is 5.75 Å². The molecule has 3 heteroatoms. The Hall–Kier alpha value is -1.35. The summed E-state index contributed by atoms with van der Waals surface area (Å²) in [4.78, 5) is 14.8. The van der Waals surface area contributed by atoms with Crippen LogP contribution in [0.2, 0.25) is 0 Å². The van der Waals surface area contributed by atoms with Crippen molar-refractivity contribution in [3.63, 3.8) is 0 Å². The third-order valence-corrected chi connectivity index (χ3v) is 9.18. The fourth-order valence-corrected chi connectivity index (χ4v) is 7.20. The molecule has 184 valence electrons. The van der Waals surface area contributed by atoms with Gasteiger partial charge < -0.3 is 9.64 Å². The molecule has 0 saturated heterocycles. The first-order valence-corrected chi connectivity index (χ1v) is 13.9. The van der Waals surface area contributed by atoms with Gasteiger partial charge in [0.25, 0.3) is 0 Å². The van der Waals surface area contributed by atoms with E-state index in [0.29, 0.717) is 23.5 Å². The van der Waals surface area contributed by atoms with Gasteiger partial charge in [0.1, 0.15) is 11.5 Å². The maximum Gasteiger partial charge on any atom is 0.139 e. The number of aryl methyl sites for hydroxylation is 1. The molecule has 0 N–H and O–H groups in total. The van der Waals surface area contributed by atoms with E-state index in [9.17, 15) is 4.79 Å². The van der Waals surface area contributed by atoms with E-state index in [-0.39, 0.29) is 5.41 Å². The summed E-state index contributed by atoms with van der Waals surface area (Å²) in [7, 11) is 4.32. The summed E-state index contributed by atoms with van der Waals surface area (Å²) < 4.78 is 6.14. The van der Waals surface area contributed by atoms with E-state index < -0.39 is 0 Å². The Morgan fingerprint density at radius 3 is 2.42 bits per heavy atom. The minimum Gasteiger partial charge on any atom is -0.494 e. The highest BCUT2D eigenvalue weighted by molar-refractivity contribution is 5.87. The number of hydrogen-bond donors (Lipinski definition) is 0. The van der Waals surface area contributed by atoms with E-state index in [0.717, 1.165) is 44.5 Å². The molecule has 0 unspecified atom stereocenters. The van der Waals surface area contributed by atoms with Crippen LogP contribution >= 0.6 is 0 Å². The van der Waals surface area contributed by atoms with Gasteiger partial charge in [-0.05, 0) is 107 Å². The van der Waals surface area contributed by atoms with Crippen LogP contribution < -0.4 is 4.74 Å². The summed E-state index contributed by atoms with van der Waals surface area (Å²) in [6.07, 6.45) is 17.3. The summed E-state index contributed by atoms with van der Waals surface area (Å²) in [6, 6.07) is 6.90. The van der Waals surface area contributed by atoms with Gasteiger partial charge in [0.15, 0.2) is 0 Å². The topological polar surface area (TPSA) is 29.5 Å². The number of fused-ring (bicyclic) bond motifs is 5. The molecule has 33 heavy (non-hydrogen) atoms. The van der Waals surface area contributed by atoms with E-state index in [1.165, 1.54) is 69.9 Å². The molecule has 1 aromatic carbocycles. The van der Waals surface area contributed by atoms with Crippen molar-refractivity contribution in [1.82, 2.24) is 4.90 Å². The quantitative estimate of drug-likeness (QED) is 0.314. The van der Waals surface area contributed by atoms with Gasteiger partial charge >= 0.3 is 0 Å². The van der Waals surface area contributed by atoms with Gasteiger partial charge in [-0.15, -0.1) is 0 Å². The number of benzene rings is 1. The van der Waals surface area contributed by atoms with Crippen LogP contribution in [-0.4, -0.2) is 37.9 Å². The van der Waals surface area contributed by atoms with Crippen molar-refractivity contribution in [2.75, 3.05) is 27.2 Å². The smallest absolute Gasteiger partial charge is 0.139 e. The molecule has 2 saturated carbocycles. The van der Waals surface area contributed by atoms with Crippen LogP contribution in [-0.2, 0) is 11.2 Å². The molecule has 4 atom stereocenters. The van der Waals surface area contributed by atoms with Crippen LogP contribution in [0.25, 0.3) is 0 Å². The lowest BCUT2D eigenvalue weighted by molar-refractivity contribution is -0.129. The number of carbonyl (C=O) groups excluding carboxylic acids is 1. The molecule has 1 aromatic rings. The van der Waals surface area contributed by atoms with Crippen molar-refractivity contribution < 1.29 is 9.53 Å². The maximum atomic E-state index is 12.5. The highest BCUT2D eigenvalue weighted by atomic mass is 16.5. The Kier molecular flexibility index (Phi) is 8.54. The lowest BCUT2D eigenvalue weighted by Gasteiger charge is -2.48.